The highest BCUT2D eigenvalue weighted by Crippen LogP contribution is 2.28. The molecule has 0 amide bonds. The van der Waals surface area contributed by atoms with E-state index in [1.807, 2.05) is 29.8 Å². The molecule has 3 nitrogen and oxygen atoms in total. The van der Waals surface area contributed by atoms with Crippen molar-refractivity contribution in [3.8, 4) is 11.4 Å². The van der Waals surface area contributed by atoms with Crippen molar-refractivity contribution in [3.63, 3.8) is 0 Å². The van der Waals surface area contributed by atoms with Crippen molar-refractivity contribution in [2.24, 2.45) is 7.05 Å². The minimum absolute atomic E-state index is 0.686. The van der Waals surface area contributed by atoms with E-state index in [2.05, 4.69) is 26.1 Å². The van der Waals surface area contributed by atoms with Gasteiger partial charge >= 0.3 is 0 Å². The molecule has 0 N–H and O–H groups in total. The molecule has 0 saturated heterocycles. The fourth-order valence-corrected chi connectivity index (χ4v) is 1.79. The van der Waals surface area contributed by atoms with Gasteiger partial charge in [0.2, 0.25) is 0 Å². The Bertz CT molecular complexity index is 467. The third-order valence-electron chi connectivity index (χ3n) is 1.88. The van der Waals surface area contributed by atoms with Crippen LogP contribution < -0.4 is 0 Å². The summed E-state index contributed by atoms with van der Waals surface area (Å²) in [7, 11) is 1.89. The Labute approximate surface area is 94.9 Å². The van der Waals surface area contributed by atoms with Crippen molar-refractivity contribution in [1.82, 2.24) is 14.8 Å². The van der Waals surface area contributed by atoms with Gasteiger partial charge in [0.05, 0.1) is 0 Å². The topological polar surface area (TPSA) is 30.7 Å². The zero-order valence-electron chi connectivity index (χ0n) is 7.41. The predicted molar refractivity (Wildman–Crippen MR) is 59.1 cm³/mol. The fraction of sp³-hybridized carbons (Fsp3) is 0.111. The molecule has 1 heterocycles. The molecule has 0 aliphatic rings. The molecule has 14 heavy (non-hydrogen) atoms. The first-order valence-corrected chi connectivity index (χ1v) is 5.15. The molecule has 2 rings (SSSR count). The van der Waals surface area contributed by atoms with Crippen LogP contribution >= 0.6 is 27.5 Å². The third-order valence-corrected chi connectivity index (χ3v) is 2.81. The summed E-state index contributed by atoms with van der Waals surface area (Å²) < 4.78 is 2.80. The SMILES string of the molecule is Cn1cnnc1-c1cc(Cl)ccc1Br. The van der Waals surface area contributed by atoms with E-state index in [0.29, 0.717) is 5.02 Å². The number of hydrogen-bond acceptors (Lipinski definition) is 2. The lowest BCUT2D eigenvalue weighted by Gasteiger charge is -2.03. The van der Waals surface area contributed by atoms with Gasteiger partial charge in [-0.05, 0) is 18.2 Å². The summed E-state index contributed by atoms with van der Waals surface area (Å²) in [6.07, 6.45) is 1.66. The zero-order valence-corrected chi connectivity index (χ0v) is 9.75. The molecule has 72 valence electrons. The first-order chi connectivity index (χ1) is 6.68. The Hall–Kier alpha value is -0.870. The third kappa shape index (κ3) is 1.67. The zero-order chi connectivity index (χ0) is 10.1. The van der Waals surface area contributed by atoms with E-state index in [1.165, 1.54) is 0 Å². The van der Waals surface area contributed by atoms with Gasteiger partial charge in [0.1, 0.15) is 6.33 Å². The molecular formula is C9H7BrClN3. The number of halogens is 2. The predicted octanol–water partition coefficient (Wildman–Crippen LogP) is 2.90. The van der Waals surface area contributed by atoms with E-state index < -0.39 is 0 Å². The van der Waals surface area contributed by atoms with Gasteiger partial charge in [0, 0.05) is 22.1 Å². The second-order valence-corrected chi connectivity index (χ2v) is 4.18. The van der Waals surface area contributed by atoms with E-state index in [4.69, 9.17) is 11.6 Å². The average Bonchev–Trinajstić information content (AvgIpc) is 2.56. The summed E-state index contributed by atoms with van der Waals surface area (Å²) in [5, 5.41) is 8.52. The largest absolute Gasteiger partial charge is 0.317 e. The Kier molecular flexibility index (Phi) is 2.56. The van der Waals surface area contributed by atoms with Crippen LogP contribution in [0.3, 0.4) is 0 Å². The van der Waals surface area contributed by atoms with E-state index in [0.717, 1.165) is 15.9 Å². The quantitative estimate of drug-likeness (QED) is 0.799. The molecule has 5 heteroatoms. The minimum atomic E-state index is 0.686. The summed E-state index contributed by atoms with van der Waals surface area (Å²) in [4.78, 5) is 0. The Balaban J connectivity index is 2.62. The van der Waals surface area contributed by atoms with Crippen molar-refractivity contribution < 1.29 is 0 Å². The Morgan fingerprint density at radius 1 is 1.43 bits per heavy atom. The molecule has 2 aromatic rings. The standard InChI is InChI=1S/C9H7BrClN3/c1-14-5-12-13-9(14)7-4-6(11)2-3-8(7)10/h2-5H,1H3. The van der Waals surface area contributed by atoms with Crippen LogP contribution in [0.1, 0.15) is 0 Å². The maximum absolute atomic E-state index is 5.91. The van der Waals surface area contributed by atoms with Gasteiger partial charge in [0.25, 0.3) is 0 Å². The molecule has 0 atom stereocenters. The van der Waals surface area contributed by atoms with E-state index in [9.17, 15) is 0 Å². The first-order valence-electron chi connectivity index (χ1n) is 3.98. The molecule has 0 fully saturated rings. The number of nitrogens with zero attached hydrogens (tertiary/aromatic N) is 3. The molecule has 1 aromatic heterocycles. The molecule has 0 aliphatic carbocycles. The van der Waals surface area contributed by atoms with Gasteiger partial charge in [0.15, 0.2) is 5.82 Å². The normalized spacial score (nSPS) is 10.5. The Morgan fingerprint density at radius 2 is 2.21 bits per heavy atom. The Morgan fingerprint density at radius 3 is 2.86 bits per heavy atom. The average molecular weight is 273 g/mol. The second kappa shape index (κ2) is 3.71. The van der Waals surface area contributed by atoms with Crippen molar-refractivity contribution in [1.29, 1.82) is 0 Å². The van der Waals surface area contributed by atoms with E-state index in [1.54, 1.807) is 6.33 Å². The number of benzene rings is 1. The first kappa shape index (κ1) is 9.68. The molecule has 0 spiro atoms. The van der Waals surface area contributed by atoms with Crippen molar-refractivity contribution >= 4 is 27.5 Å². The van der Waals surface area contributed by atoms with Crippen LogP contribution in [0.5, 0.6) is 0 Å². The van der Waals surface area contributed by atoms with Gasteiger partial charge in [-0.2, -0.15) is 0 Å². The second-order valence-electron chi connectivity index (χ2n) is 2.89. The number of aromatic nitrogens is 3. The van der Waals surface area contributed by atoms with E-state index in [-0.39, 0.29) is 0 Å². The lowest BCUT2D eigenvalue weighted by atomic mass is 10.2. The van der Waals surface area contributed by atoms with Gasteiger partial charge < -0.3 is 4.57 Å². The number of aryl methyl sites for hydroxylation is 1. The molecule has 0 saturated carbocycles. The van der Waals surface area contributed by atoms with Crippen LogP contribution in [0.2, 0.25) is 5.02 Å². The summed E-state index contributed by atoms with van der Waals surface area (Å²) in [6.45, 7) is 0. The molecule has 1 aromatic carbocycles. The van der Waals surface area contributed by atoms with E-state index >= 15 is 0 Å². The van der Waals surface area contributed by atoms with Crippen molar-refractivity contribution in [3.05, 3.63) is 34.0 Å². The summed E-state index contributed by atoms with van der Waals surface area (Å²) in [6, 6.07) is 5.58. The molecule has 0 bridgehead atoms. The van der Waals surface area contributed by atoms with Gasteiger partial charge in [-0.3, -0.25) is 0 Å². The summed E-state index contributed by atoms with van der Waals surface area (Å²) in [5.74, 6) is 0.791. The lowest BCUT2D eigenvalue weighted by Crippen LogP contribution is -1.91. The number of hydrogen-bond donors (Lipinski definition) is 0. The van der Waals surface area contributed by atoms with Crippen LogP contribution in [-0.2, 0) is 7.05 Å². The van der Waals surface area contributed by atoms with Crippen LogP contribution in [-0.4, -0.2) is 14.8 Å². The molecular weight excluding hydrogens is 265 g/mol. The highest BCUT2D eigenvalue weighted by Gasteiger charge is 2.08. The highest BCUT2D eigenvalue weighted by atomic mass is 79.9. The fourth-order valence-electron chi connectivity index (χ4n) is 1.20. The van der Waals surface area contributed by atoms with Gasteiger partial charge in [-0.25, -0.2) is 0 Å². The number of rotatable bonds is 1. The molecule has 0 aliphatic heterocycles. The van der Waals surface area contributed by atoms with Crippen molar-refractivity contribution in [2.75, 3.05) is 0 Å². The maximum Gasteiger partial charge on any atom is 0.164 e. The van der Waals surface area contributed by atoms with Crippen LogP contribution in [0, 0.1) is 0 Å². The lowest BCUT2D eigenvalue weighted by molar-refractivity contribution is 0.919. The maximum atomic E-state index is 5.91. The highest BCUT2D eigenvalue weighted by molar-refractivity contribution is 9.10. The molecule has 0 unspecified atom stereocenters. The van der Waals surface area contributed by atoms with Crippen molar-refractivity contribution in [2.45, 2.75) is 0 Å². The summed E-state index contributed by atoms with van der Waals surface area (Å²) in [5.41, 5.74) is 0.942. The van der Waals surface area contributed by atoms with Crippen LogP contribution in [0.25, 0.3) is 11.4 Å². The van der Waals surface area contributed by atoms with Gasteiger partial charge in [-0.15, -0.1) is 10.2 Å². The summed E-state index contributed by atoms with van der Waals surface area (Å²) >= 11 is 9.35. The smallest absolute Gasteiger partial charge is 0.164 e. The van der Waals surface area contributed by atoms with Gasteiger partial charge in [-0.1, -0.05) is 27.5 Å². The monoisotopic (exact) mass is 271 g/mol. The van der Waals surface area contributed by atoms with Crippen LogP contribution in [0.15, 0.2) is 29.0 Å². The minimum Gasteiger partial charge on any atom is -0.317 e. The van der Waals surface area contributed by atoms with Crippen LogP contribution in [0.4, 0.5) is 0 Å². The molecule has 0 radical (unpaired) electrons.